The van der Waals surface area contributed by atoms with Gasteiger partial charge in [0.25, 0.3) is 5.56 Å². The minimum atomic E-state index is -0.846. The van der Waals surface area contributed by atoms with Gasteiger partial charge in [-0.1, -0.05) is 48.5 Å². The molecule has 0 fully saturated rings. The molecule has 0 saturated carbocycles. The smallest absolute Gasteiger partial charge is 0.328 e. The number of amides is 1. The van der Waals surface area contributed by atoms with Gasteiger partial charge >= 0.3 is 5.97 Å². The van der Waals surface area contributed by atoms with Gasteiger partial charge in [-0.2, -0.15) is 5.10 Å². The van der Waals surface area contributed by atoms with E-state index in [0.29, 0.717) is 17.2 Å². The summed E-state index contributed by atoms with van der Waals surface area (Å²) in [5.41, 5.74) is 0.523. The second kappa shape index (κ2) is 8.27. The molecule has 7 heteroatoms. The number of carbonyl (C=O) groups is 2. The quantitative estimate of drug-likeness (QED) is 0.665. The van der Waals surface area contributed by atoms with E-state index in [-0.39, 0.29) is 12.1 Å². The number of benzene rings is 2. The van der Waals surface area contributed by atoms with E-state index in [4.69, 9.17) is 4.74 Å². The first-order chi connectivity index (χ1) is 13.1. The highest BCUT2D eigenvalue weighted by Gasteiger charge is 2.22. The van der Waals surface area contributed by atoms with Crippen molar-refractivity contribution in [3.63, 3.8) is 0 Å². The van der Waals surface area contributed by atoms with Crippen molar-refractivity contribution in [2.75, 3.05) is 7.11 Å². The molecular weight excluding hydrogens is 346 g/mol. The van der Waals surface area contributed by atoms with E-state index in [9.17, 15) is 14.4 Å². The number of methoxy groups -OCH3 is 1. The molecule has 3 aromatic rings. The molecule has 7 nitrogen and oxygen atoms in total. The summed E-state index contributed by atoms with van der Waals surface area (Å²) in [4.78, 5) is 36.9. The van der Waals surface area contributed by atoms with Gasteiger partial charge < -0.3 is 10.1 Å². The normalized spacial score (nSPS) is 11.7. The number of ether oxygens (including phenoxy) is 1. The van der Waals surface area contributed by atoms with E-state index < -0.39 is 17.9 Å². The fourth-order valence-electron chi connectivity index (χ4n) is 2.80. The first kappa shape index (κ1) is 18.3. The molecule has 0 saturated heterocycles. The second-order valence-electron chi connectivity index (χ2n) is 6.03. The highest BCUT2D eigenvalue weighted by molar-refractivity contribution is 5.85. The Kier molecular flexibility index (Phi) is 5.61. The summed E-state index contributed by atoms with van der Waals surface area (Å²) >= 11 is 0. The Balaban J connectivity index is 1.75. The van der Waals surface area contributed by atoms with Crippen molar-refractivity contribution in [1.82, 2.24) is 15.1 Å². The van der Waals surface area contributed by atoms with E-state index >= 15 is 0 Å². The zero-order chi connectivity index (χ0) is 19.2. The lowest BCUT2D eigenvalue weighted by molar-refractivity contribution is -0.145. The third kappa shape index (κ3) is 4.38. The van der Waals surface area contributed by atoms with Crippen LogP contribution >= 0.6 is 0 Å². The average Bonchev–Trinajstić information content (AvgIpc) is 2.70. The molecule has 0 radical (unpaired) electrons. The van der Waals surface area contributed by atoms with Gasteiger partial charge in [0.15, 0.2) is 0 Å². The standard InChI is InChI=1S/C20H19N3O4/c1-27-20(26)17(11-14-7-3-2-4-8-14)22-18(24)13-23-19(25)16-10-6-5-9-15(16)12-21-23/h2-10,12,17H,11,13H2,1H3,(H,22,24). The second-order valence-corrected chi connectivity index (χ2v) is 6.03. The van der Waals surface area contributed by atoms with Crippen LogP contribution in [0.15, 0.2) is 65.6 Å². The number of aromatic nitrogens is 2. The van der Waals surface area contributed by atoms with Gasteiger partial charge in [0, 0.05) is 11.8 Å². The SMILES string of the molecule is COC(=O)C(Cc1ccccc1)NC(=O)Cn1ncc2ccccc2c1=O. The molecule has 138 valence electrons. The van der Waals surface area contributed by atoms with Crippen LogP contribution in [-0.2, 0) is 27.3 Å². The van der Waals surface area contributed by atoms with Crippen LogP contribution < -0.4 is 10.9 Å². The topological polar surface area (TPSA) is 90.3 Å². The van der Waals surface area contributed by atoms with E-state index in [1.54, 1.807) is 18.2 Å². The third-order valence-corrected chi connectivity index (χ3v) is 4.16. The lowest BCUT2D eigenvalue weighted by atomic mass is 10.1. The summed E-state index contributed by atoms with van der Waals surface area (Å²) in [6.45, 7) is -0.286. The maximum absolute atomic E-state index is 12.5. The molecule has 27 heavy (non-hydrogen) atoms. The van der Waals surface area contributed by atoms with E-state index in [2.05, 4.69) is 10.4 Å². The Morgan fingerprint density at radius 2 is 1.81 bits per heavy atom. The number of fused-ring (bicyclic) bond motifs is 1. The molecule has 2 aromatic carbocycles. The zero-order valence-corrected chi connectivity index (χ0v) is 14.8. The maximum atomic E-state index is 12.5. The molecule has 1 atom stereocenters. The predicted molar refractivity (Wildman–Crippen MR) is 100 cm³/mol. The van der Waals surface area contributed by atoms with Crippen molar-refractivity contribution in [2.45, 2.75) is 19.0 Å². The molecule has 3 rings (SSSR count). The molecule has 1 amide bonds. The van der Waals surface area contributed by atoms with Crippen LogP contribution in [-0.4, -0.2) is 34.8 Å². The summed E-state index contributed by atoms with van der Waals surface area (Å²) < 4.78 is 5.86. The molecule has 0 aliphatic heterocycles. The number of nitrogens with one attached hydrogen (secondary N) is 1. The van der Waals surface area contributed by atoms with Gasteiger partial charge in [-0.3, -0.25) is 9.59 Å². The van der Waals surface area contributed by atoms with Crippen molar-refractivity contribution in [2.24, 2.45) is 0 Å². The Hall–Kier alpha value is -3.48. The number of nitrogens with zero attached hydrogens (tertiary/aromatic N) is 2. The molecule has 0 bridgehead atoms. The monoisotopic (exact) mass is 365 g/mol. The van der Waals surface area contributed by atoms with E-state index in [1.165, 1.54) is 13.3 Å². The van der Waals surface area contributed by atoms with E-state index in [0.717, 1.165) is 10.2 Å². The highest BCUT2D eigenvalue weighted by Crippen LogP contribution is 2.07. The van der Waals surface area contributed by atoms with Crippen LogP contribution in [0.25, 0.3) is 10.8 Å². The number of hydrogen-bond donors (Lipinski definition) is 1. The minimum Gasteiger partial charge on any atom is -0.467 e. The van der Waals surface area contributed by atoms with Crippen molar-refractivity contribution in [3.8, 4) is 0 Å². The molecule has 0 spiro atoms. The van der Waals surface area contributed by atoms with Crippen molar-refractivity contribution < 1.29 is 14.3 Å². The molecule has 1 N–H and O–H groups in total. The number of rotatable bonds is 6. The van der Waals surface area contributed by atoms with Gasteiger partial charge in [0.1, 0.15) is 12.6 Å². The van der Waals surface area contributed by atoms with Crippen molar-refractivity contribution >= 4 is 22.6 Å². The summed E-state index contributed by atoms with van der Waals surface area (Å²) in [5, 5.41) is 7.84. The third-order valence-electron chi connectivity index (χ3n) is 4.16. The molecule has 0 aliphatic carbocycles. The van der Waals surface area contributed by atoms with Crippen LogP contribution in [0.4, 0.5) is 0 Å². The fraction of sp³-hybridized carbons (Fsp3) is 0.200. The summed E-state index contributed by atoms with van der Waals surface area (Å²) in [6, 6.07) is 15.5. The van der Waals surface area contributed by atoms with Crippen molar-refractivity contribution in [1.29, 1.82) is 0 Å². The Morgan fingerprint density at radius 3 is 2.56 bits per heavy atom. The largest absolute Gasteiger partial charge is 0.467 e. The first-order valence-electron chi connectivity index (χ1n) is 8.44. The predicted octanol–water partition coefficient (Wildman–Crippen LogP) is 1.30. The van der Waals surface area contributed by atoms with Gasteiger partial charge in [0.2, 0.25) is 5.91 Å². The van der Waals surface area contributed by atoms with Crippen LogP contribution in [0.5, 0.6) is 0 Å². The lowest BCUT2D eigenvalue weighted by Crippen LogP contribution is -2.45. The summed E-state index contributed by atoms with van der Waals surface area (Å²) in [5.74, 6) is -1.04. The molecule has 0 aliphatic rings. The summed E-state index contributed by atoms with van der Waals surface area (Å²) in [7, 11) is 1.27. The minimum absolute atomic E-state index is 0.286. The Bertz CT molecular complexity index is 1010. The van der Waals surface area contributed by atoms with Gasteiger partial charge in [-0.15, -0.1) is 0 Å². The van der Waals surface area contributed by atoms with Gasteiger partial charge in [-0.25, -0.2) is 9.48 Å². The molecule has 1 aromatic heterocycles. The van der Waals surface area contributed by atoms with Crippen LogP contribution in [0.3, 0.4) is 0 Å². The van der Waals surface area contributed by atoms with Crippen molar-refractivity contribution in [3.05, 3.63) is 76.7 Å². The fourth-order valence-corrected chi connectivity index (χ4v) is 2.80. The van der Waals surface area contributed by atoms with Crippen LogP contribution in [0, 0.1) is 0 Å². The van der Waals surface area contributed by atoms with Gasteiger partial charge in [-0.05, 0) is 11.6 Å². The Labute approximate surface area is 155 Å². The lowest BCUT2D eigenvalue weighted by Gasteiger charge is -2.17. The van der Waals surface area contributed by atoms with Crippen LogP contribution in [0.1, 0.15) is 5.56 Å². The number of esters is 1. The van der Waals surface area contributed by atoms with Gasteiger partial charge in [0.05, 0.1) is 18.7 Å². The van der Waals surface area contributed by atoms with Crippen LogP contribution in [0.2, 0.25) is 0 Å². The highest BCUT2D eigenvalue weighted by atomic mass is 16.5. The number of hydrogen-bond acceptors (Lipinski definition) is 5. The molecule has 1 unspecified atom stereocenters. The average molecular weight is 365 g/mol. The molecule has 1 heterocycles. The summed E-state index contributed by atoms with van der Waals surface area (Å²) in [6.07, 6.45) is 1.82. The Morgan fingerprint density at radius 1 is 1.11 bits per heavy atom. The molecular formula is C20H19N3O4. The van der Waals surface area contributed by atoms with E-state index in [1.807, 2.05) is 36.4 Å². The number of carbonyl (C=O) groups excluding carboxylic acids is 2. The first-order valence-corrected chi connectivity index (χ1v) is 8.44. The maximum Gasteiger partial charge on any atom is 0.328 e. The zero-order valence-electron chi connectivity index (χ0n) is 14.8.